The van der Waals surface area contributed by atoms with Gasteiger partial charge in [-0.1, -0.05) is 30.3 Å². The molecule has 7 nitrogen and oxygen atoms in total. The number of nitriles is 1. The molecule has 2 N–H and O–H groups in total. The Bertz CT molecular complexity index is 551. The van der Waals surface area contributed by atoms with Crippen molar-refractivity contribution < 1.29 is 19.1 Å². The Morgan fingerprint density at radius 2 is 1.95 bits per heavy atom. The molecule has 0 bridgehead atoms. The Morgan fingerprint density at radius 1 is 1.29 bits per heavy atom. The van der Waals surface area contributed by atoms with Crippen LogP contribution in [0.2, 0.25) is 0 Å². The van der Waals surface area contributed by atoms with Crippen molar-refractivity contribution in [3.05, 3.63) is 35.9 Å². The molecule has 1 unspecified atom stereocenters. The lowest BCUT2D eigenvalue weighted by Crippen LogP contribution is -2.50. The zero-order chi connectivity index (χ0) is 15.7. The predicted octanol–water partition coefficient (Wildman–Crippen LogP) is -0.473. The fourth-order valence-corrected chi connectivity index (χ4v) is 1.62. The molecule has 0 aromatic heterocycles. The maximum absolute atomic E-state index is 11.9. The van der Waals surface area contributed by atoms with Crippen molar-refractivity contribution in [1.82, 2.24) is 10.6 Å². The second kappa shape index (κ2) is 8.32. The second-order valence-electron chi connectivity index (χ2n) is 4.08. The van der Waals surface area contributed by atoms with Gasteiger partial charge in [-0.05, 0) is 5.56 Å². The van der Waals surface area contributed by atoms with Crippen LogP contribution >= 0.6 is 0 Å². The number of carbonyl (C=O) groups is 3. The van der Waals surface area contributed by atoms with Crippen LogP contribution in [0.15, 0.2) is 30.3 Å². The summed E-state index contributed by atoms with van der Waals surface area (Å²) in [6.07, 6.45) is 0.195. The molecule has 0 aliphatic heterocycles. The highest BCUT2D eigenvalue weighted by atomic mass is 16.5. The molecule has 21 heavy (non-hydrogen) atoms. The zero-order valence-electron chi connectivity index (χ0n) is 11.5. The molecular formula is C14H15N3O4. The summed E-state index contributed by atoms with van der Waals surface area (Å²) in [5.74, 6) is -2.63. The summed E-state index contributed by atoms with van der Waals surface area (Å²) in [7, 11) is 1.07. The van der Waals surface area contributed by atoms with E-state index < -0.39 is 23.8 Å². The summed E-state index contributed by atoms with van der Waals surface area (Å²) in [5.41, 5.74) is 0.805. The highest BCUT2D eigenvalue weighted by molar-refractivity contribution is 6.32. The molecule has 1 atom stereocenters. The maximum Gasteiger partial charge on any atom is 0.396 e. The summed E-state index contributed by atoms with van der Waals surface area (Å²) >= 11 is 0. The van der Waals surface area contributed by atoms with Crippen LogP contribution in [0.4, 0.5) is 0 Å². The molecule has 0 aliphatic carbocycles. The monoisotopic (exact) mass is 289 g/mol. The van der Waals surface area contributed by atoms with Crippen LogP contribution < -0.4 is 10.6 Å². The van der Waals surface area contributed by atoms with Gasteiger partial charge < -0.3 is 15.4 Å². The van der Waals surface area contributed by atoms with Gasteiger partial charge in [0.1, 0.15) is 12.6 Å². The van der Waals surface area contributed by atoms with Gasteiger partial charge in [0, 0.05) is 6.42 Å². The number of nitrogens with one attached hydrogen (secondary N) is 2. The first-order valence-electron chi connectivity index (χ1n) is 6.16. The van der Waals surface area contributed by atoms with E-state index in [1.165, 1.54) is 0 Å². The predicted molar refractivity (Wildman–Crippen MR) is 72.7 cm³/mol. The molecule has 0 aliphatic rings. The van der Waals surface area contributed by atoms with Gasteiger partial charge >= 0.3 is 11.9 Å². The number of ether oxygens (including phenoxy) is 1. The van der Waals surface area contributed by atoms with Crippen LogP contribution in [0.5, 0.6) is 0 Å². The first-order chi connectivity index (χ1) is 10.1. The Balaban J connectivity index is 2.79. The average Bonchev–Trinajstić information content (AvgIpc) is 2.51. The van der Waals surface area contributed by atoms with E-state index in [9.17, 15) is 14.4 Å². The standard InChI is InChI=1S/C14H15N3O4/c1-21-14(20)13(19)17-11(12(18)16-8-7-15)9-10-5-3-2-4-6-10/h2-6,11H,8-9H2,1H3,(H,16,18)(H,17,19). The molecule has 2 amide bonds. The lowest BCUT2D eigenvalue weighted by molar-refractivity contribution is -0.153. The molecule has 1 rings (SSSR count). The molecule has 7 heteroatoms. The number of amides is 2. The molecule has 0 saturated carbocycles. The summed E-state index contributed by atoms with van der Waals surface area (Å²) in [6, 6.07) is 9.78. The fourth-order valence-electron chi connectivity index (χ4n) is 1.62. The first kappa shape index (κ1) is 16.2. The van der Waals surface area contributed by atoms with Crippen molar-refractivity contribution >= 4 is 17.8 Å². The van der Waals surface area contributed by atoms with Crippen LogP contribution in [-0.2, 0) is 25.5 Å². The Kier molecular flexibility index (Phi) is 6.41. The van der Waals surface area contributed by atoms with Gasteiger partial charge in [-0.2, -0.15) is 5.26 Å². The van der Waals surface area contributed by atoms with Gasteiger partial charge in [0.05, 0.1) is 13.2 Å². The number of nitrogens with zero attached hydrogens (tertiary/aromatic N) is 1. The van der Waals surface area contributed by atoms with Crippen LogP contribution in [-0.4, -0.2) is 37.5 Å². The largest absolute Gasteiger partial charge is 0.462 e. The number of hydrogen-bond donors (Lipinski definition) is 2. The van der Waals surface area contributed by atoms with Gasteiger partial charge in [0.15, 0.2) is 0 Å². The van der Waals surface area contributed by atoms with Gasteiger partial charge in [-0.15, -0.1) is 0 Å². The third-order valence-corrected chi connectivity index (χ3v) is 2.62. The van der Waals surface area contributed by atoms with Crippen molar-refractivity contribution in [3.63, 3.8) is 0 Å². The molecule has 0 saturated heterocycles. The van der Waals surface area contributed by atoms with Gasteiger partial charge in [-0.25, -0.2) is 4.79 Å². The van der Waals surface area contributed by atoms with E-state index in [4.69, 9.17) is 5.26 Å². The number of carbonyl (C=O) groups excluding carboxylic acids is 3. The topological polar surface area (TPSA) is 108 Å². The van der Waals surface area contributed by atoms with E-state index in [0.29, 0.717) is 0 Å². The van der Waals surface area contributed by atoms with Crippen molar-refractivity contribution in [2.75, 3.05) is 13.7 Å². The van der Waals surface area contributed by atoms with Crippen LogP contribution in [0.25, 0.3) is 0 Å². The lowest BCUT2D eigenvalue weighted by Gasteiger charge is -2.17. The van der Waals surface area contributed by atoms with Crippen molar-refractivity contribution in [2.45, 2.75) is 12.5 Å². The van der Waals surface area contributed by atoms with Crippen molar-refractivity contribution in [1.29, 1.82) is 5.26 Å². The fraction of sp³-hybridized carbons (Fsp3) is 0.286. The molecular weight excluding hydrogens is 274 g/mol. The molecule has 110 valence electrons. The smallest absolute Gasteiger partial charge is 0.396 e. The third kappa shape index (κ3) is 5.32. The number of benzene rings is 1. The van der Waals surface area contributed by atoms with E-state index in [-0.39, 0.29) is 13.0 Å². The quantitative estimate of drug-likeness (QED) is 0.432. The number of esters is 1. The van der Waals surface area contributed by atoms with Gasteiger partial charge in [-0.3, -0.25) is 9.59 Å². The molecule has 0 heterocycles. The summed E-state index contributed by atoms with van der Waals surface area (Å²) in [5, 5.41) is 13.1. The number of rotatable bonds is 5. The summed E-state index contributed by atoms with van der Waals surface area (Å²) < 4.78 is 4.29. The van der Waals surface area contributed by atoms with Crippen LogP contribution in [0.3, 0.4) is 0 Å². The van der Waals surface area contributed by atoms with Crippen LogP contribution in [0.1, 0.15) is 5.56 Å². The van der Waals surface area contributed by atoms with Crippen molar-refractivity contribution in [2.24, 2.45) is 0 Å². The highest BCUT2D eigenvalue weighted by Crippen LogP contribution is 2.03. The van der Waals surface area contributed by atoms with E-state index >= 15 is 0 Å². The SMILES string of the molecule is COC(=O)C(=O)NC(Cc1ccccc1)C(=O)NCC#N. The Hall–Kier alpha value is -2.88. The van der Waals surface area contributed by atoms with Gasteiger partial charge in [0.25, 0.3) is 0 Å². The molecule has 0 radical (unpaired) electrons. The Morgan fingerprint density at radius 3 is 2.52 bits per heavy atom. The van der Waals surface area contributed by atoms with Crippen LogP contribution in [0, 0.1) is 11.3 Å². The molecule has 1 aromatic carbocycles. The van der Waals surface area contributed by atoms with E-state index in [1.54, 1.807) is 30.3 Å². The van der Waals surface area contributed by atoms with E-state index in [1.807, 2.05) is 6.07 Å². The first-order valence-corrected chi connectivity index (χ1v) is 6.16. The van der Waals surface area contributed by atoms with E-state index in [0.717, 1.165) is 12.7 Å². The minimum absolute atomic E-state index is 0.182. The molecule has 0 fully saturated rings. The zero-order valence-corrected chi connectivity index (χ0v) is 11.5. The molecule has 0 spiro atoms. The average molecular weight is 289 g/mol. The van der Waals surface area contributed by atoms with Crippen molar-refractivity contribution in [3.8, 4) is 6.07 Å². The molecule has 1 aromatic rings. The third-order valence-electron chi connectivity index (χ3n) is 2.62. The minimum atomic E-state index is -1.08. The number of methoxy groups -OCH3 is 1. The second-order valence-corrected chi connectivity index (χ2v) is 4.08. The normalized spacial score (nSPS) is 10.9. The van der Waals surface area contributed by atoms with E-state index in [2.05, 4.69) is 15.4 Å². The maximum atomic E-state index is 11.9. The summed E-state index contributed by atoms with van der Waals surface area (Å²) in [4.78, 5) is 34.6. The summed E-state index contributed by atoms with van der Waals surface area (Å²) in [6.45, 7) is -0.182. The number of hydrogen-bond acceptors (Lipinski definition) is 5. The lowest BCUT2D eigenvalue weighted by atomic mass is 10.1. The Labute approximate surface area is 121 Å². The minimum Gasteiger partial charge on any atom is -0.462 e. The highest BCUT2D eigenvalue weighted by Gasteiger charge is 2.24. The van der Waals surface area contributed by atoms with Gasteiger partial charge in [0.2, 0.25) is 5.91 Å².